The molecular formula is C12H24N2O3. The van der Waals surface area contributed by atoms with Gasteiger partial charge in [0.2, 0.25) is 0 Å². The zero-order valence-corrected chi connectivity index (χ0v) is 11.2. The van der Waals surface area contributed by atoms with Crippen molar-refractivity contribution in [3.05, 3.63) is 0 Å². The Bertz CT molecular complexity index is 256. The Hall–Kier alpha value is -1.26. The number of hydrogen-bond acceptors (Lipinski definition) is 2. The first-order chi connectivity index (χ1) is 7.93. The van der Waals surface area contributed by atoms with Crippen LogP contribution in [0.5, 0.6) is 0 Å². The van der Waals surface area contributed by atoms with Gasteiger partial charge in [-0.3, -0.25) is 0 Å². The Balaban J connectivity index is 4.35. The highest BCUT2D eigenvalue weighted by molar-refractivity contribution is 5.82. The zero-order valence-electron chi connectivity index (χ0n) is 11.2. The van der Waals surface area contributed by atoms with Crippen LogP contribution in [0.3, 0.4) is 0 Å². The number of nitrogens with one attached hydrogen (secondary N) is 1. The van der Waals surface area contributed by atoms with Crippen LogP contribution in [-0.4, -0.2) is 41.6 Å². The van der Waals surface area contributed by atoms with Crippen LogP contribution >= 0.6 is 0 Å². The van der Waals surface area contributed by atoms with E-state index in [4.69, 9.17) is 5.11 Å². The molecule has 0 spiro atoms. The molecule has 5 heteroatoms. The molecule has 5 nitrogen and oxygen atoms in total. The van der Waals surface area contributed by atoms with Crippen molar-refractivity contribution in [2.24, 2.45) is 5.92 Å². The minimum Gasteiger partial charge on any atom is -0.480 e. The molecule has 0 fully saturated rings. The Morgan fingerprint density at radius 2 is 1.94 bits per heavy atom. The summed E-state index contributed by atoms with van der Waals surface area (Å²) < 4.78 is 0. The van der Waals surface area contributed by atoms with Gasteiger partial charge in [0.25, 0.3) is 0 Å². The Kier molecular flexibility index (Phi) is 7.34. The van der Waals surface area contributed by atoms with Gasteiger partial charge < -0.3 is 15.3 Å². The van der Waals surface area contributed by atoms with Crippen molar-refractivity contribution in [2.45, 2.75) is 46.1 Å². The largest absolute Gasteiger partial charge is 0.480 e. The monoisotopic (exact) mass is 244 g/mol. The van der Waals surface area contributed by atoms with Crippen molar-refractivity contribution in [1.29, 1.82) is 0 Å². The smallest absolute Gasteiger partial charge is 0.326 e. The highest BCUT2D eigenvalue weighted by Crippen LogP contribution is 2.08. The zero-order chi connectivity index (χ0) is 13.4. The summed E-state index contributed by atoms with van der Waals surface area (Å²) in [7, 11) is 1.68. The summed E-state index contributed by atoms with van der Waals surface area (Å²) in [6, 6.07) is -1.12. The standard InChI is InChI=1S/C12H24N2O3/c1-5-7-8-14(4)12(17)13-10(11(15)16)9(3)6-2/h9-10H,5-8H2,1-4H3,(H,13,17)(H,15,16)/t9-,10-/m0/s1. The molecule has 0 saturated carbocycles. The van der Waals surface area contributed by atoms with E-state index in [1.807, 2.05) is 20.8 Å². The number of hydrogen-bond donors (Lipinski definition) is 2. The van der Waals surface area contributed by atoms with Crippen molar-refractivity contribution >= 4 is 12.0 Å². The molecule has 0 aliphatic heterocycles. The Morgan fingerprint density at radius 1 is 1.35 bits per heavy atom. The molecule has 2 N–H and O–H groups in total. The maximum atomic E-state index is 11.7. The van der Waals surface area contributed by atoms with E-state index in [1.54, 1.807) is 7.05 Å². The average molecular weight is 244 g/mol. The first-order valence-corrected chi connectivity index (χ1v) is 6.18. The summed E-state index contributed by atoms with van der Waals surface area (Å²) in [4.78, 5) is 24.3. The van der Waals surface area contributed by atoms with Gasteiger partial charge in [-0.2, -0.15) is 0 Å². The van der Waals surface area contributed by atoms with Crippen LogP contribution in [0.4, 0.5) is 4.79 Å². The summed E-state index contributed by atoms with van der Waals surface area (Å²) >= 11 is 0. The fourth-order valence-electron chi connectivity index (χ4n) is 1.42. The number of rotatable bonds is 7. The van der Waals surface area contributed by atoms with Crippen molar-refractivity contribution in [3.8, 4) is 0 Å². The number of nitrogens with zero attached hydrogens (tertiary/aromatic N) is 1. The number of unbranched alkanes of at least 4 members (excludes halogenated alkanes) is 1. The molecule has 0 aromatic heterocycles. The molecule has 0 bridgehead atoms. The van der Waals surface area contributed by atoms with Gasteiger partial charge in [0, 0.05) is 13.6 Å². The summed E-state index contributed by atoms with van der Waals surface area (Å²) in [5.74, 6) is -1.05. The molecule has 2 atom stereocenters. The van der Waals surface area contributed by atoms with Crippen LogP contribution in [0.2, 0.25) is 0 Å². The van der Waals surface area contributed by atoms with Gasteiger partial charge in [-0.05, 0) is 12.3 Å². The predicted octanol–water partition coefficient (Wildman–Crippen LogP) is 1.93. The highest BCUT2D eigenvalue weighted by Gasteiger charge is 2.26. The number of carbonyl (C=O) groups excluding carboxylic acids is 1. The van der Waals surface area contributed by atoms with Crippen LogP contribution in [0, 0.1) is 5.92 Å². The molecule has 0 unspecified atom stereocenters. The summed E-state index contributed by atoms with van der Waals surface area (Å²) in [6.07, 6.45) is 2.65. The maximum Gasteiger partial charge on any atom is 0.326 e. The first-order valence-electron chi connectivity index (χ1n) is 6.18. The van der Waals surface area contributed by atoms with Crippen molar-refractivity contribution in [1.82, 2.24) is 10.2 Å². The van der Waals surface area contributed by atoms with Crippen molar-refractivity contribution in [3.63, 3.8) is 0 Å². The number of carboxylic acids is 1. The first kappa shape index (κ1) is 15.7. The van der Waals surface area contributed by atoms with Crippen LogP contribution in [0.25, 0.3) is 0 Å². The number of urea groups is 1. The van der Waals surface area contributed by atoms with Crippen molar-refractivity contribution in [2.75, 3.05) is 13.6 Å². The fraction of sp³-hybridized carbons (Fsp3) is 0.833. The highest BCUT2D eigenvalue weighted by atomic mass is 16.4. The van der Waals surface area contributed by atoms with Gasteiger partial charge in [0.1, 0.15) is 6.04 Å². The molecule has 0 rings (SSSR count). The van der Waals surface area contributed by atoms with Crippen LogP contribution in [-0.2, 0) is 4.79 Å². The van der Waals surface area contributed by atoms with Gasteiger partial charge in [-0.1, -0.05) is 33.6 Å². The quantitative estimate of drug-likeness (QED) is 0.719. The minimum atomic E-state index is -0.975. The molecule has 0 saturated heterocycles. The minimum absolute atomic E-state index is 0.0731. The summed E-state index contributed by atoms with van der Waals surface area (Å²) in [5, 5.41) is 11.6. The SMILES string of the molecule is CCCCN(C)C(=O)N[C@H](C(=O)O)[C@@H](C)CC. The van der Waals surface area contributed by atoms with Gasteiger partial charge in [-0.25, -0.2) is 9.59 Å². The molecule has 100 valence electrons. The summed E-state index contributed by atoms with van der Waals surface area (Å²) in [6.45, 7) is 6.43. The van der Waals surface area contributed by atoms with E-state index in [-0.39, 0.29) is 11.9 Å². The van der Waals surface area contributed by atoms with Gasteiger partial charge >= 0.3 is 12.0 Å². The predicted molar refractivity (Wildman–Crippen MR) is 66.9 cm³/mol. The normalized spacial score (nSPS) is 13.9. The van der Waals surface area contributed by atoms with Gasteiger partial charge in [-0.15, -0.1) is 0 Å². The molecule has 0 radical (unpaired) electrons. The second-order valence-corrected chi connectivity index (χ2v) is 4.43. The third-order valence-corrected chi connectivity index (χ3v) is 2.95. The van der Waals surface area contributed by atoms with Gasteiger partial charge in [0.15, 0.2) is 0 Å². The third kappa shape index (κ3) is 5.56. The second kappa shape index (κ2) is 7.92. The molecule has 17 heavy (non-hydrogen) atoms. The lowest BCUT2D eigenvalue weighted by Gasteiger charge is -2.24. The third-order valence-electron chi connectivity index (χ3n) is 2.95. The van der Waals surface area contributed by atoms with E-state index in [2.05, 4.69) is 5.32 Å². The molecule has 2 amide bonds. The van der Waals surface area contributed by atoms with E-state index < -0.39 is 12.0 Å². The number of carbonyl (C=O) groups is 2. The van der Waals surface area contributed by atoms with Crippen LogP contribution in [0.15, 0.2) is 0 Å². The lowest BCUT2D eigenvalue weighted by Crippen LogP contribution is -2.49. The lowest BCUT2D eigenvalue weighted by molar-refractivity contribution is -0.140. The molecule has 0 aliphatic rings. The average Bonchev–Trinajstić information content (AvgIpc) is 2.31. The molecule has 0 aromatic carbocycles. The van der Waals surface area contributed by atoms with E-state index in [0.717, 1.165) is 19.3 Å². The van der Waals surface area contributed by atoms with E-state index in [0.29, 0.717) is 6.54 Å². The van der Waals surface area contributed by atoms with E-state index in [1.165, 1.54) is 4.90 Å². The topological polar surface area (TPSA) is 69.6 Å². The van der Waals surface area contributed by atoms with Crippen LogP contribution in [0.1, 0.15) is 40.0 Å². The van der Waals surface area contributed by atoms with E-state index in [9.17, 15) is 9.59 Å². The molecule has 0 aliphatic carbocycles. The van der Waals surface area contributed by atoms with Crippen LogP contribution < -0.4 is 5.32 Å². The Morgan fingerprint density at radius 3 is 2.35 bits per heavy atom. The molecule has 0 heterocycles. The van der Waals surface area contributed by atoms with E-state index >= 15 is 0 Å². The second-order valence-electron chi connectivity index (χ2n) is 4.43. The number of aliphatic carboxylic acids is 1. The molecule has 0 aromatic rings. The van der Waals surface area contributed by atoms with Crippen molar-refractivity contribution < 1.29 is 14.7 Å². The summed E-state index contributed by atoms with van der Waals surface area (Å²) in [5.41, 5.74) is 0. The lowest BCUT2D eigenvalue weighted by atomic mass is 9.99. The van der Waals surface area contributed by atoms with Gasteiger partial charge in [0.05, 0.1) is 0 Å². The maximum absolute atomic E-state index is 11.7. The number of carboxylic acid groups (broad SMARTS) is 1. The fourth-order valence-corrected chi connectivity index (χ4v) is 1.42. The molecular weight excluding hydrogens is 220 g/mol. The Labute approximate surface area is 103 Å². The number of amides is 2.